The molecule has 0 atom stereocenters. The van der Waals surface area contributed by atoms with Crippen LogP contribution in [0.1, 0.15) is 6.42 Å². The van der Waals surface area contributed by atoms with E-state index in [-0.39, 0.29) is 5.91 Å². The van der Waals surface area contributed by atoms with Gasteiger partial charge >= 0.3 is 0 Å². The van der Waals surface area contributed by atoms with Crippen molar-refractivity contribution in [2.75, 3.05) is 7.05 Å². The van der Waals surface area contributed by atoms with Gasteiger partial charge in [0.15, 0.2) is 0 Å². The summed E-state index contributed by atoms with van der Waals surface area (Å²) in [5.74, 6) is -0.0932. The second-order valence-electron chi connectivity index (χ2n) is 2.61. The van der Waals surface area contributed by atoms with Crippen molar-refractivity contribution in [1.82, 2.24) is 5.32 Å². The highest BCUT2D eigenvalue weighted by Crippen LogP contribution is 2.13. The Morgan fingerprint density at radius 1 is 1.75 bits per heavy atom. The van der Waals surface area contributed by atoms with Gasteiger partial charge in [0.05, 0.1) is 0 Å². The number of hydrogen-bond donors (Lipinski definition) is 2. The fraction of sp³-hybridized carbons (Fsp3) is 0.222. The van der Waals surface area contributed by atoms with Gasteiger partial charge in [-0.2, -0.15) is 0 Å². The van der Waals surface area contributed by atoms with Crippen molar-refractivity contribution in [3.8, 4) is 0 Å². The molecule has 3 heteroatoms. The molecule has 1 aliphatic carbocycles. The van der Waals surface area contributed by atoms with Gasteiger partial charge in [0, 0.05) is 25.2 Å². The molecule has 0 bridgehead atoms. The van der Waals surface area contributed by atoms with Crippen molar-refractivity contribution < 1.29 is 4.79 Å². The summed E-state index contributed by atoms with van der Waals surface area (Å²) in [4.78, 5) is 10.9. The van der Waals surface area contributed by atoms with Crippen LogP contribution < -0.4 is 11.1 Å². The maximum Gasteiger partial charge on any atom is 0.244 e. The Labute approximate surface area is 71.6 Å². The SMILES string of the molecule is CNC(=O)C=C1C=CC=C(N)C1. The first kappa shape index (κ1) is 8.59. The van der Waals surface area contributed by atoms with Crippen LogP contribution in [0, 0.1) is 0 Å². The highest BCUT2D eigenvalue weighted by Gasteiger charge is 2.01. The van der Waals surface area contributed by atoms with Gasteiger partial charge in [0.1, 0.15) is 0 Å². The molecule has 3 N–H and O–H groups in total. The fourth-order valence-corrected chi connectivity index (χ4v) is 0.989. The maximum absolute atomic E-state index is 10.9. The van der Waals surface area contributed by atoms with E-state index in [2.05, 4.69) is 5.32 Å². The molecule has 1 aliphatic rings. The Morgan fingerprint density at radius 3 is 3.08 bits per heavy atom. The normalized spacial score (nSPS) is 19.1. The van der Waals surface area contributed by atoms with Crippen LogP contribution in [0.4, 0.5) is 0 Å². The van der Waals surface area contributed by atoms with E-state index in [9.17, 15) is 4.79 Å². The highest BCUT2D eigenvalue weighted by atomic mass is 16.1. The van der Waals surface area contributed by atoms with E-state index in [1.807, 2.05) is 18.2 Å². The Morgan fingerprint density at radius 2 is 2.50 bits per heavy atom. The Balaban J connectivity index is 2.67. The third-order valence-electron chi connectivity index (χ3n) is 1.59. The topological polar surface area (TPSA) is 55.1 Å². The molecule has 0 saturated carbocycles. The lowest BCUT2D eigenvalue weighted by molar-refractivity contribution is -0.116. The molecule has 1 rings (SSSR count). The van der Waals surface area contributed by atoms with Gasteiger partial charge in [-0.15, -0.1) is 0 Å². The van der Waals surface area contributed by atoms with Crippen molar-refractivity contribution in [3.63, 3.8) is 0 Å². The first-order valence-corrected chi connectivity index (χ1v) is 3.77. The van der Waals surface area contributed by atoms with E-state index in [1.54, 1.807) is 13.1 Å². The molecule has 64 valence electrons. The number of rotatable bonds is 1. The molecular formula is C9H12N2O. The molecule has 0 aromatic heterocycles. The minimum atomic E-state index is -0.0932. The molecule has 1 amide bonds. The summed E-state index contributed by atoms with van der Waals surface area (Å²) in [6, 6.07) is 0. The van der Waals surface area contributed by atoms with Crippen molar-refractivity contribution in [2.24, 2.45) is 5.73 Å². The molecule has 0 aromatic carbocycles. The molecule has 0 aromatic rings. The van der Waals surface area contributed by atoms with Crippen LogP contribution in [0.5, 0.6) is 0 Å². The third-order valence-corrected chi connectivity index (χ3v) is 1.59. The van der Waals surface area contributed by atoms with Crippen LogP contribution in [-0.4, -0.2) is 13.0 Å². The quantitative estimate of drug-likeness (QED) is 0.553. The number of carbonyl (C=O) groups excluding carboxylic acids is 1. The Hall–Kier alpha value is -1.51. The number of nitrogens with two attached hydrogens (primary N) is 1. The number of allylic oxidation sites excluding steroid dienone is 4. The molecule has 0 fully saturated rings. The van der Waals surface area contributed by atoms with Gasteiger partial charge in [-0.3, -0.25) is 4.79 Å². The van der Waals surface area contributed by atoms with E-state index < -0.39 is 0 Å². The van der Waals surface area contributed by atoms with Crippen molar-refractivity contribution in [1.29, 1.82) is 0 Å². The minimum Gasteiger partial charge on any atom is -0.402 e. The molecule has 0 spiro atoms. The van der Waals surface area contributed by atoms with Crippen LogP contribution >= 0.6 is 0 Å². The van der Waals surface area contributed by atoms with Crippen LogP contribution in [0.2, 0.25) is 0 Å². The van der Waals surface area contributed by atoms with E-state index in [0.29, 0.717) is 6.42 Å². The van der Waals surface area contributed by atoms with Crippen LogP contribution in [0.15, 0.2) is 35.6 Å². The van der Waals surface area contributed by atoms with Gasteiger partial charge in [0.2, 0.25) is 5.91 Å². The number of amides is 1. The van der Waals surface area contributed by atoms with E-state index in [4.69, 9.17) is 5.73 Å². The largest absolute Gasteiger partial charge is 0.402 e. The lowest BCUT2D eigenvalue weighted by Crippen LogP contribution is -2.15. The second kappa shape index (κ2) is 3.76. The predicted molar refractivity (Wildman–Crippen MR) is 48.2 cm³/mol. The minimum absolute atomic E-state index is 0.0932. The first-order chi connectivity index (χ1) is 5.72. The van der Waals surface area contributed by atoms with E-state index in [1.165, 1.54) is 0 Å². The molecule has 12 heavy (non-hydrogen) atoms. The summed E-state index contributed by atoms with van der Waals surface area (Å²) in [6.45, 7) is 0. The average Bonchev–Trinajstić information content (AvgIpc) is 2.04. The van der Waals surface area contributed by atoms with E-state index in [0.717, 1.165) is 11.3 Å². The maximum atomic E-state index is 10.9. The summed E-state index contributed by atoms with van der Waals surface area (Å²) >= 11 is 0. The van der Waals surface area contributed by atoms with Gasteiger partial charge < -0.3 is 11.1 Å². The van der Waals surface area contributed by atoms with Gasteiger partial charge in [-0.1, -0.05) is 12.2 Å². The standard InChI is InChI=1S/C9H12N2O/c1-11-9(12)6-7-3-2-4-8(10)5-7/h2-4,6H,5,10H2,1H3,(H,11,12). The van der Waals surface area contributed by atoms with Gasteiger partial charge in [-0.05, 0) is 11.6 Å². The average molecular weight is 164 g/mol. The van der Waals surface area contributed by atoms with Crippen LogP contribution in [0.3, 0.4) is 0 Å². The Kier molecular flexibility index (Phi) is 2.69. The molecular weight excluding hydrogens is 152 g/mol. The van der Waals surface area contributed by atoms with Crippen LogP contribution in [0.25, 0.3) is 0 Å². The number of nitrogens with one attached hydrogen (secondary N) is 1. The zero-order valence-corrected chi connectivity index (χ0v) is 7.00. The van der Waals surface area contributed by atoms with Crippen molar-refractivity contribution in [3.05, 3.63) is 35.6 Å². The van der Waals surface area contributed by atoms with Gasteiger partial charge in [0.25, 0.3) is 0 Å². The zero-order valence-electron chi connectivity index (χ0n) is 7.00. The molecule has 0 heterocycles. The first-order valence-electron chi connectivity index (χ1n) is 3.77. The highest BCUT2D eigenvalue weighted by molar-refractivity contribution is 5.88. The van der Waals surface area contributed by atoms with E-state index >= 15 is 0 Å². The van der Waals surface area contributed by atoms with Gasteiger partial charge in [-0.25, -0.2) is 0 Å². The van der Waals surface area contributed by atoms with Crippen molar-refractivity contribution in [2.45, 2.75) is 6.42 Å². The molecule has 0 saturated heterocycles. The lowest BCUT2D eigenvalue weighted by Gasteiger charge is -2.06. The molecule has 3 nitrogen and oxygen atoms in total. The number of hydrogen-bond acceptors (Lipinski definition) is 2. The third kappa shape index (κ3) is 2.27. The summed E-state index contributed by atoms with van der Waals surface area (Å²) in [6.07, 6.45) is 7.76. The summed E-state index contributed by atoms with van der Waals surface area (Å²) in [5, 5.41) is 2.52. The monoisotopic (exact) mass is 164 g/mol. The Bertz CT molecular complexity index is 274. The smallest absolute Gasteiger partial charge is 0.244 e. The van der Waals surface area contributed by atoms with Crippen molar-refractivity contribution >= 4 is 5.91 Å². The predicted octanol–water partition coefficient (Wildman–Crippen LogP) is 0.461. The molecule has 0 aliphatic heterocycles. The van der Waals surface area contributed by atoms with Crippen LogP contribution in [-0.2, 0) is 4.79 Å². The summed E-state index contributed by atoms with van der Waals surface area (Å²) < 4.78 is 0. The molecule has 0 unspecified atom stereocenters. The number of likely N-dealkylation sites (N-methyl/N-ethyl adjacent to an activating group) is 1. The lowest BCUT2D eigenvalue weighted by atomic mass is 10.1. The summed E-state index contributed by atoms with van der Waals surface area (Å²) in [7, 11) is 1.60. The molecule has 0 radical (unpaired) electrons. The fourth-order valence-electron chi connectivity index (χ4n) is 0.989. The zero-order chi connectivity index (χ0) is 8.97. The summed E-state index contributed by atoms with van der Waals surface area (Å²) in [5.41, 5.74) is 7.30. The number of carbonyl (C=O) groups is 1. The second-order valence-corrected chi connectivity index (χ2v) is 2.61.